The van der Waals surface area contributed by atoms with Gasteiger partial charge in [-0.25, -0.2) is 9.37 Å². The van der Waals surface area contributed by atoms with E-state index in [0.717, 1.165) is 11.3 Å². The van der Waals surface area contributed by atoms with Gasteiger partial charge in [-0.05, 0) is 54.1 Å². The van der Waals surface area contributed by atoms with Crippen LogP contribution in [-0.4, -0.2) is 35.2 Å². The number of pyridine rings is 1. The maximum atomic E-state index is 13.1. The maximum absolute atomic E-state index is 13.1. The average Bonchev–Trinajstić information content (AvgIpc) is 2.72. The van der Waals surface area contributed by atoms with Gasteiger partial charge in [-0.15, -0.1) is 0 Å². The second kappa shape index (κ2) is 8.28. The van der Waals surface area contributed by atoms with Crippen molar-refractivity contribution in [2.45, 2.75) is 12.6 Å². The number of benzene rings is 2. The molecule has 2 heterocycles. The third kappa shape index (κ3) is 4.52. The Labute approximate surface area is 167 Å². The highest BCUT2D eigenvalue weighted by Crippen LogP contribution is 2.24. The number of hydrogen-bond donors (Lipinski definition) is 2. The summed E-state index contributed by atoms with van der Waals surface area (Å²) >= 11 is 0. The van der Waals surface area contributed by atoms with Crippen LogP contribution in [0.3, 0.4) is 0 Å². The van der Waals surface area contributed by atoms with E-state index in [2.05, 4.69) is 15.2 Å². The molecule has 1 aliphatic rings. The van der Waals surface area contributed by atoms with Crippen LogP contribution < -0.4 is 15.0 Å². The van der Waals surface area contributed by atoms with Gasteiger partial charge >= 0.3 is 0 Å². The molecule has 0 atom stereocenters. The lowest BCUT2D eigenvalue weighted by molar-refractivity contribution is 0.0948. The molecule has 0 aliphatic carbocycles. The number of aliphatic hydroxyl groups is 1. The van der Waals surface area contributed by atoms with Gasteiger partial charge in [0.25, 0.3) is 5.91 Å². The third-order valence-corrected chi connectivity index (χ3v) is 4.66. The summed E-state index contributed by atoms with van der Waals surface area (Å²) in [5.41, 5.74) is 2.30. The van der Waals surface area contributed by atoms with Crippen molar-refractivity contribution in [3.05, 3.63) is 83.8 Å². The molecular weight excluding hydrogens is 373 g/mol. The van der Waals surface area contributed by atoms with Crippen LogP contribution in [0.2, 0.25) is 0 Å². The van der Waals surface area contributed by atoms with Crippen LogP contribution in [0, 0.1) is 5.82 Å². The van der Waals surface area contributed by atoms with E-state index in [4.69, 9.17) is 4.74 Å². The quantitative estimate of drug-likeness (QED) is 0.673. The van der Waals surface area contributed by atoms with Crippen LogP contribution in [0.5, 0.6) is 11.6 Å². The largest absolute Gasteiger partial charge is 0.438 e. The van der Waals surface area contributed by atoms with Gasteiger partial charge in [0.15, 0.2) is 0 Å². The molecule has 1 aliphatic heterocycles. The molecule has 1 saturated heterocycles. The van der Waals surface area contributed by atoms with Crippen LogP contribution in [0.15, 0.2) is 66.9 Å². The fourth-order valence-electron chi connectivity index (χ4n) is 3.03. The number of carbonyl (C=O) groups is 1. The molecular formula is C22H20FN3O3. The van der Waals surface area contributed by atoms with E-state index in [1.54, 1.807) is 12.1 Å². The minimum atomic E-state index is -0.368. The standard InChI is InChI=1S/C22H20FN3O3/c23-16-5-9-19(10-6-16)29-22-20(2-1-11-24-22)21(28)25-12-15-3-7-17(8-4-15)26-13-18(27)14-26/h1-11,18,27H,12-14H2,(H,25,28). The van der Waals surface area contributed by atoms with E-state index in [1.807, 2.05) is 24.3 Å². The van der Waals surface area contributed by atoms with Crippen LogP contribution in [0.4, 0.5) is 10.1 Å². The second-order valence-electron chi connectivity index (χ2n) is 6.82. The van der Waals surface area contributed by atoms with Crippen LogP contribution in [0.1, 0.15) is 15.9 Å². The van der Waals surface area contributed by atoms with Gasteiger partial charge in [0.2, 0.25) is 5.88 Å². The molecule has 0 unspecified atom stereocenters. The van der Waals surface area contributed by atoms with E-state index < -0.39 is 0 Å². The van der Waals surface area contributed by atoms with Gasteiger partial charge in [-0.1, -0.05) is 12.1 Å². The molecule has 7 heteroatoms. The van der Waals surface area contributed by atoms with Gasteiger partial charge in [-0.3, -0.25) is 4.79 Å². The van der Waals surface area contributed by atoms with Gasteiger partial charge in [-0.2, -0.15) is 0 Å². The first-order chi connectivity index (χ1) is 14.1. The SMILES string of the molecule is O=C(NCc1ccc(N2CC(O)C2)cc1)c1cccnc1Oc1ccc(F)cc1. The maximum Gasteiger partial charge on any atom is 0.257 e. The molecule has 0 radical (unpaired) electrons. The van der Waals surface area contributed by atoms with E-state index in [-0.39, 0.29) is 23.7 Å². The van der Waals surface area contributed by atoms with E-state index in [0.29, 0.717) is 30.9 Å². The van der Waals surface area contributed by atoms with Crippen molar-refractivity contribution in [3.63, 3.8) is 0 Å². The molecule has 2 N–H and O–H groups in total. The molecule has 1 aromatic heterocycles. The number of aromatic nitrogens is 1. The molecule has 2 aromatic carbocycles. The summed E-state index contributed by atoms with van der Waals surface area (Å²) in [6, 6.07) is 16.6. The number of rotatable bonds is 6. The first-order valence-corrected chi connectivity index (χ1v) is 9.27. The van der Waals surface area contributed by atoms with Crippen LogP contribution in [0.25, 0.3) is 0 Å². The lowest BCUT2D eigenvalue weighted by Crippen LogP contribution is -2.50. The highest BCUT2D eigenvalue weighted by molar-refractivity contribution is 5.96. The molecule has 0 spiro atoms. The number of aliphatic hydroxyl groups excluding tert-OH is 1. The summed E-state index contributed by atoms with van der Waals surface area (Å²) in [4.78, 5) is 18.8. The third-order valence-electron chi connectivity index (χ3n) is 4.66. The van der Waals surface area contributed by atoms with Gasteiger partial charge in [0, 0.05) is 31.5 Å². The molecule has 3 aromatic rings. The van der Waals surface area contributed by atoms with E-state index in [1.165, 1.54) is 30.5 Å². The molecule has 6 nitrogen and oxygen atoms in total. The monoisotopic (exact) mass is 393 g/mol. The molecule has 4 rings (SSSR count). The normalized spacial score (nSPS) is 13.7. The number of amides is 1. The molecule has 29 heavy (non-hydrogen) atoms. The Hall–Kier alpha value is -3.45. The van der Waals surface area contributed by atoms with Crippen molar-refractivity contribution in [3.8, 4) is 11.6 Å². The number of hydrogen-bond acceptors (Lipinski definition) is 5. The highest BCUT2D eigenvalue weighted by atomic mass is 19.1. The lowest BCUT2D eigenvalue weighted by atomic mass is 10.1. The first kappa shape index (κ1) is 18.9. The summed E-state index contributed by atoms with van der Waals surface area (Å²) in [5.74, 6) is -0.132. The zero-order chi connectivity index (χ0) is 20.2. The minimum absolute atomic E-state index is 0.156. The summed E-state index contributed by atoms with van der Waals surface area (Å²) in [6.07, 6.45) is 1.28. The number of halogens is 1. The van der Waals surface area contributed by atoms with Gasteiger partial charge in [0.1, 0.15) is 17.1 Å². The Balaban J connectivity index is 1.39. The minimum Gasteiger partial charge on any atom is -0.438 e. The number of carbonyl (C=O) groups excluding carboxylic acids is 1. The highest BCUT2D eigenvalue weighted by Gasteiger charge is 2.24. The predicted molar refractivity (Wildman–Crippen MR) is 107 cm³/mol. The van der Waals surface area contributed by atoms with Crippen molar-refractivity contribution in [2.75, 3.05) is 18.0 Å². The fraction of sp³-hybridized carbons (Fsp3) is 0.182. The predicted octanol–water partition coefficient (Wildman–Crippen LogP) is 3.12. The fourth-order valence-corrected chi connectivity index (χ4v) is 3.03. The van der Waals surface area contributed by atoms with Gasteiger partial charge < -0.3 is 20.1 Å². The number of nitrogens with zero attached hydrogens (tertiary/aromatic N) is 2. The Morgan fingerprint density at radius 1 is 1.14 bits per heavy atom. The second-order valence-corrected chi connectivity index (χ2v) is 6.82. The lowest BCUT2D eigenvalue weighted by Gasteiger charge is -2.37. The first-order valence-electron chi connectivity index (χ1n) is 9.27. The Kier molecular flexibility index (Phi) is 5.39. The van der Waals surface area contributed by atoms with Crippen LogP contribution in [-0.2, 0) is 6.54 Å². The number of ether oxygens (including phenoxy) is 1. The number of β-amino-alcohol motifs (C(OH)–C–C–N with tert-alkyl or cyclic N) is 1. The molecule has 148 valence electrons. The van der Waals surface area contributed by atoms with Crippen LogP contribution >= 0.6 is 0 Å². The van der Waals surface area contributed by atoms with E-state index in [9.17, 15) is 14.3 Å². The summed E-state index contributed by atoms with van der Waals surface area (Å²) in [6.45, 7) is 1.65. The summed E-state index contributed by atoms with van der Waals surface area (Å²) < 4.78 is 18.7. The number of nitrogens with one attached hydrogen (secondary N) is 1. The zero-order valence-corrected chi connectivity index (χ0v) is 15.6. The molecule has 0 bridgehead atoms. The van der Waals surface area contributed by atoms with Crippen molar-refractivity contribution in [2.24, 2.45) is 0 Å². The van der Waals surface area contributed by atoms with E-state index >= 15 is 0 Å². The summed E-state index contributed by atoms with van der Waals surface area (Å²) in [5, 5.41) is 12.3. The molecule has 1 amide bonds. The van der Waals surface area contributed by atoms with Gasteiger partial charge in [0.05, 0.1) is 6.10 Å². The molecule has 1 fully saturated rings. The topological polar surface area (TPSA) is 74.7 Å². The van der Waals surface area contributed by atoms with Crippen molar-refractivity contribution < 1.29 is 19.0 Å². The average molecular weight is 393 g/mol. The smallest absolute Gasteiger partial charge is 0.257 e. The number of anilines is 1. The van der Waals surface area contributed by atoms with Crippen molar-refractivity contribution in [1.29, 1.82) is 0 Å². The Bertz CT molecular complexity index is 987. The Morgan fingerprint density at radius 2 is 1.86 bits per heavy atom. The van der Waals surface area contributed by atoms with Crippen molar-refractivity contribution >= 4 is 11.6 Å². The Morgan fingerprint density at radius 3 is 2.55 bits per heavy atom. The molecule has 0 saturated carbocycles. The van der Waals surface area contributed by atoms with Crippen molar-refractivity contribution in [1.82, 2.24) is 10.3 Å². The summed E-state index contributed by atoms with van der Waals surface area (Å²) in [7, 11) is 0. The zero-order valence-electron chi connectivity index (χ0n) is 15.6.